The number of likely N-dealkylation sites (tertiary alicyclic amines) is 1. The first-order chi connectivity index (χ1) is 16.1. The van der Waals surface area contributed by atoms with Crippen LogP contribution in [0.3, 0.4) is 0 Å². The summed E-state index contributed by atoms with van der Waals surface area (Å²) in [6.07, 6.45) is 0.370. The largest absolute Gasteiger partial charge is 0.444 e. The number of ether oxygens (including phenoxy) is 1. The number of imidazole rings is 1. The monoisotopic (exact) mass is 459 g/mol. The Hall–Kier alpha value is -3.86. The van der Waals surface area contributed by atoms with Crippen molar-refractivity contribution in [2.45, 2.75) is 45.8 Å². The Bertz CT molecular complexity index is 1280. The van der Waals surface area contributed by atoms with Crippen LogP contribution < -0.4 is 0 Å². The van der Waals surface area contributed by atoms with E-state index in [9.17, 15) is 9.59 Å². The number of amides is 2. The van der Waals surface area contributed by atoms with Gasteiger partial charge in [-0.2, -0.15) is 5.26 Å². The van der Waals surface area contributed by atoms with Crippen molar-refractivity contribution in [2.24, 2.45) is 0 Å². The molecule has 0 N–H and O–H groups in total. The molecule has 2 amide bonds. The molecule has 1 aromatic heterocycles. The molecule has 0 spiro atoms. The van der Waals surface area contributed by atoms with Crippen molar-refractivity contribution >= 4 is 23.0 Å². The maximum absolute atomic E-state index is 13.1. The summed E-state index contributed by atoms with van der Waals surface area (Å²) in [4.78, 5) is 33.4. The Kier molecular flexibility index (Phi) is 6.05. The molecule has 1 aliphatic rings. The lowest BCUT2D eigenvalue weighted by atomic mass is 10.1. The number of carbonyl (C=O) groups excluding carboxylic acids is 2. The van der Waals surface area contributed by atoms with Gasteiger partial charge in [-0.3, -0.25) is 9.36 Å². The summed E-state index contributed by atoms with van der Waals surface area (Å²) in [6.45, 7) is 8.46. The van der Waals surface area contributed by atoms with E-state index in [1.807, 2.05) is 62.6 Å². The van der Waals surface area contributed by atoms with E-state index >= 15 is 0 Å². The minimum Gasteiger partial charge on any atom is -0.444 e. The second-order valence-corrected chi connectivity index (χ2v) is 9.64. The van der Waals surface area contributed by atoms with Gasteiger partial charge in [0.2, 0.25) is 0 Å². The van der Waals surface area contributed by atoms with Gasteiger partial charge in [-0.15, -0.1) is 0 Å². The van der Waals surface area contributed by atoms with Crippen molar-refractivity contribution in [2.75, 3.05) is 20.1 Å². The lowest BCUT2D eigenvalue weighted by Crippen LogP contribution is -2.41. The molecule has 8 heteroatoms. The first kappa shape index (κ1) is 23.3. The van der Waals surface area contributed by atoms with E-state index in [1.54, 1.807) is 29.0 Å². The lowest BCUT2D eigenvalue weighted by Gasteiger charge is -2.27. The number of carbonyl (C=O) groups is 2. The first-order valence-corrected chi connectivity index (χ1v) is 11.3. The highest BCUT2D eigenvalue weighted by atomic mass is 16.6. The average Bonchev–Trinajstić information content (AvgIpc) is 3.41. The molecule has 3 aromatic rings. The fourth-order valence-electron chi connectivity index (χ4n) is 4.27. The Balaban J connectivity index is 1.48. The summed E-state index contributed by atoms with van der Waals surface area (Å²) in [5.41, 5.74) is 3.15. The molecule has 176 valence electrons. The molecule has 0 bridgehead atoms. The molecule has 1 unspecified atom stereocenters. The fourth-order valence-corrected chi connectivity index (χ4v) is 4.27. The quantitative estimate of drug-likeness (QED) is 0.583. The van der Waals surface area contributed by atoms with Gasteiger partial charge in [0.25, 0.3) is 5.91 Å². The molecule has 0 saturated carbocycles. The van der Waals surface area contributed by atoms with Crippen LogP contribution in [-0.4, -0.2) is 63.1 Å². The van der Waals surface area contributed by atoms with E-state index in [0.29, 0.717) is 30.6 Å². The number of hydrogen-bond donors (Lipinski definition) is 0. The van der Waals surface area contributed by atoms with Crippen molar-refractivity contribution in [3.63, 3.8) is 0 Å². The van der Waals surface area contributed by atoms with Gasteiger partial charge in [0.15, 0.2) is 0 Å². The SMILES string of the molecule is Cc1nc2cc(C#N)ccc2n1-c1ccc(C(=O)N(C)C2CCN(C(=O)OC(C)(C)C)C2)cc1. The summed E-state index contributed by atoms with van der Waals surface area (Å²) in [7, 11) is 1.78. The molecule has 1 saturated heterocycles. The Morgan fingerprint density at radius 2 is 1.88 bits per heavy atom. The van der Waals surface area contributed by atoms with E-state index in [2.05, 4.69) is 11.1 Å². The third kappa shape index (κ3) is 4.60. The lowest BCUT2D eigenvalue weighted by molar-refractivity contribution is 0.0279. The van der Waals surface area contributed by atoms with Gasteiger partial charge in [0.05, 0.1) is 28.7 Å². The Labute approximate surface area is 199 Å². The number of likely N-dealkylation sites (N-methyl/N-ethyl adjacent to an activating group) is 1. The molecule has 2 aromatic carbocycles. The van der Waals surface area contributed by atoms with Crippen LogP contribution in [0.1, 0.15) is 48.9 Å². The van der Waals surface area contributed by atoms with Crippen LogP contribution in [0.4, 0.5) is 4.79 Å². The highest BCUT2D eigenvalue weighted by Crippen LogP contribution is 2.24. The summed E-state index contributed by atoms with van der Waals surface area (Å²) in [5.74, 6) is 0.711. The van der Waals surface area contributed by atoms with Crippen molar-refractivity contribution < 1.29 is 14.3 Å². The summed E-state index contributed by atoms with van der Waals surface area (Å²) in [6, 6.07) is 14.9. The molecule has 4 rings (SSSR count). The van der Waals surface area contributed by atoms with E-state index in [4.69, 9.17) is 10.00 Å². The summed E-state index contributed by atoms with van der Waals surface area (Å²) in [5, 5.41) is 9.14. The number of aryl methyl sites for hydroxylation is 1. The zero-order valence-electron chi connectivity index (χ0n) is 20.2. The zero-order valence-corrected chi connectivity index (χ0v) is 20.2. The molecule has 0 aliphatic carbocycles. The van der Waals surface area contributed by atoms with Gasteiger partial charge < -0.3 is 14.5 Å². The fraction of sp³-hybridized carbons (Fsp3) is 0.385. The predicted molar refractivity (Wildman–Crippen MR) is 129 cm³/mol. The molecule has 0 radical (unpaired) electrons. The van der Waals surface area contributed by atoms with Crippen LogP contribution in [-0.2, 0) is 4.74 Å². The zero-order chi connectivity index (χ0) is 24.6. The van der Waals surface area contributed by atoms with E-state index in [0.717, 1.165) is 22.5 Å². The molecule has 1 atom stereocenters. The van der Waals surface area contributed by atoms with Crippen LogP contribution in [0, 0.1) is 18.3 Å². The molecule has 1 fully saturated rings. The van der Waals surface area contributed by atoms with Gasteiger partial charge in [0, 0.05) is 31.4 Å². The molecule has 8 nitrogen and oxygen atoms in total. The highest BCUT2D eigenvalue weighted by Gasteiger charge is 2.33. The number of fused-ring (bicyclic) bond motifs is 1. The molecular formula is C26H29N5O3. The van der Waals surface area contributed by atoms with E-state index in [1.165, 1.54) is 0 Å². The molecular weight excluding hydrogens is 430 g/mol. The maximum Gasteiger partial charge on any atom is 0.410 e. The van der Waals surface area contributed by atoms with Crippen molar-refractivity contribution in [1.82, 2.24) is 19.4 Å². The predicted octanol–water partition coefficient (Wildman–Crippen LogP) is 4.29. The van der Waals surface area contributed by atoms with Gasteiger partial charge >= 0.3 is 6.09 Å². The third-order valence-corrected chi connectivity index (χ3v) is 6.01. The average molecular weight is 460 g/mol. The standard InChI is InChI=1S/C26H29N5O3/c1-17-28-22-14-18(15-27)6-11-23(22)31(17)20-9-7-19(8-10-20)24(32)29(5)21-12-13-30(16-21)25(33)34-26(2,3)4/h6-11,14,21H,12-13,16H2,1-5H3. The normalized spacial score (nSPS) is 15.9. The number of aromatic nitrogens is 2. The molecule has 34 heavy (non-hydrogen) atoms. The highest BCUT2D eigenvalue weighted by molar-refractivity contribution is 5.94. The van der Waals surface area contributed by atoms with Gasteiger partial charge in [-0.25, -0.2) is 9.78 Å². The van der Waals surface area contributed by atoms with E-state index < -0.39 is 5.60 Å². The summed E-state index contributed by atoms with van der Waals surface area (Å²) < 4.78 is 7.46. The van der Waals surface area contributed by atoms with E-state index in [-0.39, 0.29) is 18.0 Å². The summed E-state index contributed by atoms with van der Waals surface area (Å²) >= 11 is 0. The van der Waals surface area contributed by atoms with Crippen LogP contribution >= 0.6 is 0 Å². The first-order valence-electron chi connectivity index (χ1n) is 11.3. The van der Waals surface area contributed by atoms with Crippen LogP contribution in [0.25, 0.3) is 16.7 Å². The second kappa shape index (κ2) is 8.82. The topological polar surface area (TPSA) is 91.5 Å². The molecule has 2 heterocycles. The van der Waals surface area contributed by atoms with Crippen molar-refractivity contribution in [1.29, 1.82) is 5.26 Å². The van der Waals surface area contributed by atoms with Gasteiger partial charge in [-0.1, -0.05) is 0 Å². The number of hydrogen-bond acceptors (Lipinski definition) is 5. The molecule has 1 aliphatic heterocycles. The number of nitriles is 1. The number of nitrogens with zero attached hydrogens (tertiary/aromatic N) is 5. The smallest absolute Gasteiger partial charge is 0.410 e. The van der Waals surface area contributed by atoms with Gasteiger partial charge in [0.1, 0.15) is 11.4 Å². The van der Waals surface area contributed by atoms with Crippen LogP contribution in [0.15, 0.2) is 42.5 Å². The van der Waals surface area contributed by atoms with Crippen LogP contribution in [0.5, 0.6) is 0 Å². The van der Waals surface area contributed by atoms with Crippen molar-refractivity contribution in [3.05, 3.63) is 59.4 Å². The van der Waals surface area contributed by atoms with Crippen molar-refractivity contribution in [3.8, 4) is 11.8 Å². The third-order valence-electron chi connectivity index (χ3n) is 6.01. The second-order valence-electron chi connectivity index (χ2n) is 9.64. The maximum atomic E-state index is 13.1. The van der Waals surface area contributed by atoms with Gasteiger partial charge in [-0.05, 0) is 76.6 Å². The van der Waals surface area contributed by atoms with Crippen LogP contribution in [0.2, 0.25) is 0 Å². The number of rotatable bonds is 3. The number of benzene rings is 2. The Morgan fingerprint density at radius 1 is 1.18 bits per heavy atom. The Morgan fingerprint density at radius 3 is 2.53 bits per heavy atom. The minimum absolute atomic E-state index is 0.0612. The minimum atomic E-state index is -0.546.